The van der Waals surface area contributed by atoms with Gasteiger partial charge < -0.3 is 19.8 Å². The third kappa shape index (κ3) is 3.82. The van der Waals surface area contributed by atoms with E-state index in [-0.39, 0.29) is 29.5 Å². The molecule has 0 radical (unpaired) electrons. The fourth-order valence-corrected chi connectivity index (χ4v) is 6.97. The predicted molar refractivity (Wildman–Crippen MR) is 141 cm³/mol. The van der Waals surface area contributed by atoms with Crippen LogP contribution in [-0.2, 0) is 27.0 Å². The van der Waals surface area contributed by atoms with E-state index >= 15 is 4.39 Å². The van der Waals surface area contributed by atoms with Crippen LogP contribution in [0.3, 0.4) is 0 Å². The molecule has 1 aliphatic carbocycles. The average Bonchev–Trinajstić information content (AvgIpc) is 3.27. The van der Waals surface area contributed by atoms with Crippen LogP contribution in [0.15, 0.2) is 42.5 Å². The van der Waals surface area contributed by atoms with Gasteiger partial charge in [0.1, 0.15) is 17.1 Å². The Labute approximate surface area is 217 Å². The van der Waals surface area contributed by atoms with Gasteiger partial charge in [-0.1, -0.05) is 24.6 Å². The van der Waals surface area contributed by atoms with E-state index in [1.54, 1.807) is 20.3 Å². The van der Waals surface area contributed by atoms with Gasteiger partial charge in [0.25, 0.3) is 0 Å². The Balaban J connectivity index is 1.62. The standard InChI is InChI=1S/C30H36FN3O3/c1-36-19-30(28(35)20-7-5-8-20)27-26(23-11-10-22(37-2)16-25(23)33-27)29(12-14-32-15-13-29)18-34(30)17-21-6-3-4-9-24(21)31/h3-4,6,9-11,16,20,32-33H,5,7-8,12-15,17-19H2,1-2H3. The Hall–Kier alpha value is -2.74. The average molecular weight is 506 g/mol. The summed E-state index contributed by atoms with van der Waals surface area (Å²) in [6, 6.07) is 13.1. The van der Waals surface area contributed by atoms with Gasteiger partial charge >= 0.3 is 0 Å². The number of benzene rings is 2. The molecule has 0 amide bonds. The van der Waals surface area contributed by atoms with E-state index in [1.807, 2.05) is 24.3 Å². The van der Waals surface area contributed by atoms with Gasteiger partial charge in [0.05, 0.1) is 19.4 Å². The van der Waals surface area contributed by atoms with E-state index in [9.17, 15) is 4.79 Å². The van der Waals surface area contributed by atoms with Crippen molar-refractivity contribution in [2.75, 3.05) is 40.5 Å². The highest BCUT2D eigenvalue weighted by Gasteiger charge is 2.58. The number of hydrogen-bond donors (Lipinski definition) is 2. The molecule has 1 spiro atoms. The summed E-state index contributed by atoms with van der Waals surface area (Å²) in [5, 5.41) is 4.67. The SMILES string of the molecule is COCC1(C(=O)C2CCC2)c2[nH]c3cc(OC)ccc3c2C2(CCNCC2)CN1Cc1ccccc1F. The largest absolute Gasteiger partial charge is 0.497 e. The number of carbonyl (C=O) groups is 1. The summed E-state index contributed by atoms with van der Waals surface area (Å²) >= 11 is 0. The van der Waals surface area contributed by atoms with E-state index in [0.29, 0.717) is 18.7 Å². The van der Waals surface area contributed by atoms with Crippen LogP contribution < -0.4 is 10.1 Å². The van der Waals surface area contributed by atoms with Crippen LogP contribution >= 0.6 is 0 Å². The fourth-order valence-electron chi connectivity index (χ4n) is 6.97. The van der Waals surface area contributed by atoms with Crippen molar-refractivity contribution in [1.29, 1.82) is 0 Å². The number of ether oxygens (including phenoxy) is 2. The first-order chi connectivity index (χ1) is 18.0. The highest BCUT2D eigenvalue weighted by atomic mass is 19.1. The van der Waals surface area contributed by atoms with Gasteiger partial charge in [-0.3, -0.25) is 9.69 Å². The molecule has 2 aromatic carbocycles. The molecule has 2 aliphatic heterocycles. The fraction of sp³-hybridized carbons (Fsp3) is 0.500. The molecule has 6 rings (SSSR count). The second-order valence-corrected chi connectivity index (χ2v) is 11.0. The maximum atomic E-state index is 15.0. The summed E-state index contributed by atoms with van der Waals surface area (Å²) < 4.78 is 26.5. The monoisotopic (exact) mass is 505 g/mol. The maximum absolute atomic E-state index is 15.0. The minimum absolute atomic E-state index is 0.00542. The molecule has 3 aromatic rings. The van der Waals surface area contributed by atoms with E-state index in [1.165, 1.54) is 11.6 Å². The van der Waals surface area contributed by atoms with E-state index in [0.717, 1.165) is 67.5 Å². The van der Waals surface area contributed by atoms with E-state index < -0.39 is 5.54 Å². The van der Waals surface area contributed by atoms with Crippen molar-refractivity contribution in [1.82, 2.24) is 15.2 Å². The van der Waals surface area contributed by atoms with Crippen LogP contribution in [0.1, 0.15) is 48.9 Å². The molecule has 2 N–H and O–H groups in total. The van der Waals surface area contributed by atoms with Crippen LogP contribution in [-0.4, -0.2) is 56.1 Å². The number of aromatic nitrogens is 1. The number of carbonyl (C=O) groups excluding carboxylic acids is 1. The van der Waals surface area contributed by atoms with Crippen LogP contribution in [0.4, 0.5) is 4.39 Å². The number of piperidine rings is 1. The van der Waals surface area contributed by atoms with Crippen molar-refractivity contribution in [3.8, 4) is 5.75 Å². The number of nitrogens with zero attached hydrogens (tertiary/aromatic N) is 1. The number of fused-ring (bicyclic) bond motifs is 4. The Morgan fingerprint density at radius 2 is 1.92 bits per heavy atom. The molecule has 0 bridgehead atoms. The van der Waals surface area contributed by atoms with Crippen molar-refractivity contribution >= 4 is 16.7 Å². The van der Waals surface area contributed by atoms with Gasteiger partial charge in [0.2, 0.25) is 0 Å². The third-order valence-electron chi connectivity index (χ3n) is 9.10. The Bertz CT molecular complexity index is 1310. The predicted octanol–water partition coefficient (Wildman–Crippen LogP) is 4.66. The number of halogens is 1. The molecule has 1 saturated heterocycles. The first kappa shape index (κ1) is 24.6. The summed E-state index contributed by atoms with van der Waals surface area (Å²) in [5.74, 6) is 0.724. The number of rotatable bonds is 7. The molecule has 3 heterocycles. The van der Waals surface area contributed by atoms with Gasteiger partial charge in [-0.15, -0.1) is 0 Å². The van der Waals surface area contributed by atoms with Crippen molar-refractivity contribution in [2.24, 2.45) is 5.92 Å². The van der Waals surface area contributed by atoms with Crippen LogP contribution in [0.5, 0.6) is 5.75 Å². The lowest BCUT2D eigenvalue weighted by atomic mass is 9.62. The third-order valence-corrected chi connectivity index (χ3v) is 9.10. The van der Waals surface area contributed by atoms with Gasteiger partial charge in [0, 0.05) is 54.1 Å². The van der Waals surface area contributed by atoms with E-state index in [4.69, 9.17) is 9.47 Å². The summed E-state index contributed by atoms with van der Waals surface area (Å²) in [7, 11) is 3.33. The Morgan fingerprint density at radius 3 is 2.59 bits per heavy atom. The second kappa shape index (κ2) is 9.53. The maximum Gasteiger partial charge on any atom is 0.164 e. The first-order valence-electron chi connectivity index (χ1n) is 13.5. The van der Waals surface area contributed by atoms with Crippen molar-refractivity contribution in [2.45, 2.75) is 49.6 Å². The van der Waals surface area contributed by atoms with Crippen molar-refractivity contribution in [3.05, 3.63) is 65.1 Å². The summed E-state index contributed by atoms with van der Waals surface area (Å²) in [6.45, 7) is 3.06. The lowest BCUT2D eigenvalue weighted by Gasteiger charge is -2.55. The first-order valence-corrected chi connectivity index (χ1v) is 13.5. The van der Waals surface area contributed by atoms with E-state index in [2.05, 4.69) is 21.3 Å². The molecule has 2 fully saturated rings. The van der Waals surface area contributed by atoms with Crippen LogP contribution in [0, 0.1) is 11.7 Å². The van der Waals surface area contributed by atoms with Gasteiger partial charge in [0.15, 0.2) is 5.78 Å². The number of H-pyrrole nitrogens is 1. The molecule has 1 saturated carbocycles. The van der Waals surface area contributed by atoms with Gasteiger partial charge in [-0.25, -0.2) is 4.39 Å². The molecule has 6 nitrogen and oxygen atoms in total. The highest BCUT2D eigenvalue weighted by Crippen LogP contribution is 2.53. The molecule has 3 aliphatic rings. The number of ketones is 1. The molecule has 196 valence electrons. The number of aromatic amines is 1. The zero-order chi connectivity index (χ0) is 25.6. The zero-order valence-corrected chi connectivity index (χ0v) is 21.7. The summed E-state index contributed by atoms with van der Waals surface area (Å²) in [4.78, 5) is 20.5. The van der Waals surface area contributed by atoms with Crippen molar-refractivity contribution < 1.29 is 18.7 Å². The number of Topliss-reactive ketones (excluding diaryl/α,β-unsaturated/α-hetero) is 1. The molecule has 7 heteroatoms. The number of hydrogen-bond acceptors (Lipinski definition) is 5. The normalized spacial score (nSPS) is 23.6. The molecular formula is C30H36FN3O3. The summed E-state index contributed by atoms with van der Waals surface area (Å²) in [5.41, 5.74) is 2.57. The summed E-state index contributed by atoms with van der Waals surface area (Å²) in [6.07, 6.45) is 4.77. The van der Waals surface area contributed by atoms with Crippen LogP contribution in [0.2, 0.25) is 0 Å². The molecule has 1 aromatic heterocycles. The zero-order valence-electron chi connectivity index (χ0n) is 21.7. The van der Waals surface area contributed by atoms with Crippen LogP contribution in [0.25, 0.3) is 10.9 Å². The Kier molecular flexibility index (Phi) is 6.33. The number of methoxy groups -OCH3 is 2. The minimum atomic E-state index is -1.01. The highest BCUT2D eigenvalue weighted by molar-refractivity contribution is 5.97. The molecular weight excluding hydrogens is 469 g/mol. The second-order valence-electron chi connectivity index (χ2n) is 11.0. The lowest BCUT2D eigenvalue weighted by Crippen LogP contribution is -2.65. The lowest BCUT2D eigenvalue weighted by molar-refractivity contribution is -0.147. The number of nitrogens with one attached hydrogen (secondary N) is 2. The molecule has 1 unspecified atom stereocenters. The molecule has 1 atom stereocenters. The Morgan fingerprint density at radius 1 is 1.14 bits per heavy atom. The van der Waals surface area contributed by atoms with Gasteiger partial charge in [-0.05, 0) is 62.5 Å². The molecule has 37 heavy (non-hydrogen) atoms. The van der Waals surface area contributed by atoms with Gasteiger partial charge in [-0.2, -0.15) is 0 Å². The smallest absolute Gasteiger partial charge is 0.164 e. The topological polar surface area (TPSA) is 66.6 Å². The van der Waals surface area contributed by atoms with Crippen molar-refractivity contribution in [3.63, 3.8) is 0 Å². The minimum Gasteiger partial charge on any atom is -0.497 e. The quantitative estimate of drug-likeness (QED) is 0.489.